The van der Waals surface area contributed by atoms with Crippen LogP contribution in [0.2, 0.25) is 5.02 Å². The first-order valence-electron chi connectivity index (χ1n) is 5.17. The van der Waals surface area contributed by atoms with Crippen LogP contribution in [0.15, 0.2) is 48.5 Å². The van der Waals surface area contributed by atoms with Gasteiger partial charge in [0, 0.05) is 9.85 Å². The second-order valence-electron chi connectivity index (χ2n) is 3.71. The van der Waals surface area contributed by atoms with Gasteiger partial charge in [-0.05, 0) is 35.7 Å². The van der Waals surface area contributed by atoms with Gasteiger partial charge < -0.3 is 0 Å². The Hall–Kier alpha value is -0.790. The van der Waals surface area contributed by atoms with E-state index in [4.69, 9.17) is 11.6 Å². The summed E-state index contributed by atoms with van der Waals surface area (Å²) >= 11 is 9.63. The van der Waals surface area contributed by atoms with Crippen molar-refractivity contribution in [3.63, 3.8) is 0 Å². The van der Waals surface area contributed by atoms with Gasteiger partial charge >= 0.3 is 0 Å². The number of alkyl halides is 1. The van der Waals surface area contributed by atoms with E-state index >= 15 is 0 Å². The fraction of sp³-hybridized carbons (Fsp3) is 0.143. The van der Waals surface area contributed by atoms with Gasteiger partial charge in [-0.2, -0.15) is 0 Å². The summed E-state index contributed by atoms with van der Waals surface area (Å²) in [5, 5.41) is 0.779. The van der Waals surface area contributed by atoms with E-state index in [1.54, 1.807) is 0 Å². The summed E-state index contributed by atoms with van der Waals surface area (Å²) in [7, 11) is 0. The molecule has 0 aromatic heterocycles. The van der Waals surface area contributed by atoms with Crippen molar-refractivity contribution < 1.29 is 0 Å². The van der Waals surface area contributed by atoms with Crippen molar-refractivity contribution >= 4 is 27.5 Å². The van der Waals surface area contributed by atoms with Gasteiger partial charge in [0.1, 0.15) is 0 Å². The third kappa shape index (κ3) is 2.47. The molecule has 0 radical (unpaired) electrons. The number of benzene rings is 2. The molecule has 0 saturated heterocycles. The lowest BCUT2D eigenvalue weighted by molar-refractivity contribution is 1.13. The van der Waals surface area contributed by atoms with Crippen molar-refractivity contribution in [2.45, 2.75) is 11.8 Å². The molecule has 0 saturated carbocycles. The van der Waals surface area contributed by atoms with Crippen LogP contribution in [0.1, 0.15) is 17.3 Å². The normalized spacial score (nSPS) is 12.4. The zero-order chi connectivity index (χ0) is 11.5. The molecule has 0 bridgehead atoms. The van der Waals surface area contributed by atoms with Crippen LogP contribution in [0.25, 0.3) is 11.1 Å². The number of hydrogen-bond acceptors (Lipinski definition) is 0. The minimum atomic E-state index is 0.293. The topological polar surface area (TPSA) is 0 Å². The van der Waals surface area contributed by atoms with Crippen LogP contribution >= 0.6 is 27.5 Å². The summed E-state index contributed by atoms with van der Waals surface area (Å²) in [6, 6.07) is 16.4. The van der Waals surface area contributed by atoms with E-state index < -0.39 is 0 Å². The summed E-state index contributed by atoms with van der Waals surface area (Å²) in [4.78, 5) is 0.293. The number of halogens is 2. The molecule has 0 N–H and O–H groups in total. The Morgan fingerprint density at radius 2 is 1.75 bits per heavy atom. The van der Waals surface area contributed by atoms with Crippen molar-refractivity contribution in [3.05, 3.63) is 59.1 Å². The van der Waals surface area contributed by atoms with Crippen molar-refractivity contribution in [1.82, 2.24) is 0 Å². The van der Waals surface area contributed by atoms with E-state index in [9.17, 15) is 0 Å². The molecule has 0 spiro atoms. The largest absolute Gasteiger partial charge is 0.0843 e. The van der Waals surface area contributed by atoms with E-state index in [1.165, 1.54) is 16.7 Å². The van der Waals surface area contributed by atoms with Crippen LogP contribution in [0, 0.1) is 0 Å². The van der Waals surface area contributed by atoms with Crippen LogP contribution < -0.4 is 0 Å². The lowest BCUT2D eigenvalue weighted by Gasteiger charge is -2.12. The lowest BCUT2D eigenvalue weighted by atomic mass is 9.98. The predicted octanol–water partition coefficient (Wildman–Crippen LogP) is 5.46. The first-order valence-corrected chi connectivity index (χ1v) is 6.47. The molecular weight excluding hydrogens is 284 g/mol. The minimum absolute atomic E-state index is 0.293. The highest BCUT2D eigenvalue weighted by molar-refractivity contribution is 9.09. The van der Waals surface area contributed by atoms with Crippen molar-refractivity contribution in [3.8, 4) is 11.1 Å². The summed E-state index contributed by atoms with van der Waals surface area (Å²) in [6.45, 7) is 2.11. The maximum Gasteiger partial charge on any atom is 0.0409 e. The molecule has 1 unspecified atom stereocenters. The van der Waals surface area contributed by atoms with Gasteiger partial charge in [-0.3, -0.25) is 0 Å². The Balaban J connectivity index is 2.57. The average Bonchev–Trinajstić information content (AvgIpc) is 2.30. The van der Waals surface area contributed by atoms with Crippen LogP contribution in [0.3, 0.4) is 0 Å². The van der Waals surface area contributed by atoms with Gasteiger partial charge in [0.05, 0.1) is 0 Å². The second kappa shape index (κ2) is 5.03. The Kier molecular flexibility index (Phi) is 3.67. The first-order chi connectivity index (χ1) is 7.68. The first kappa shape index (κ1) is 11.7. The summed E-state index contributed by atoms with van der Waals surface area (Å²) in [5.41, 5.74) is 3.67. The highest BCUT2D eigenvalue weighted by Gasteiger charge is 2.09. The molecule has 1 atom stereocenters. The molecule has 2 rings (SSSR count). The van der Waals surface area contributed by atoms with Gasteiger partial charge in [0.25, 0.3) is 0 Å². The monoisotopic (exact) mass is 294 g/mol. The van der Waals surface area contributed by atoms with E-state index in [0.29, 0.717) is 4.83 Å². The minimum Gasteiger partial charge on any atom is -0.0843 e. The van der Waals surface area contributed by atoms with Gasteiger partial charge in [-0.15, -0.1) is 0 Å². The smallest absolute Gasteiger partial charge is 0.0409 e. The summed E-state index contributed by atoms with van der Waals surface area (Å²) < 4.78 is 0. The van der Waals surface area contributed by atoms with E-state index in [-0.39, 0.29) is 0 Å². The Bertz CT molecular complexity index is 477. The predicted molar refractivity (Wildman–Crippen MR) is 74.2 cm³/mol. The second-order valence-corrected chi connectivity index (χ2v) is 5.52. The van der Waals surface area contributed by atoms with Crippen molar-refractivity contribution in [2.75, 3.05) is 0 Å². The molecular formula is C14H12BrCl. The summed E-state index contributed by atoms with van der Waals surface area (Å²) in [5.74, 6) is 0. The summed E-state index contributed by atoms with van der Waals surface area (Å²) in [6.07, 6.45) is 0. The van der Waals surface area contributed by atoms with Gasteiger partial charge in [-0.1, -0.05) is 63.9 Å². The third-order valence-electron chi connectivity index (χ3n) is 2.53. The standard InChI is InChI=1S/C14H12BrCl/c1-10(15)14-9-12(16)7-8-13(14)11-5-3-2-4-6-11/h2-10H,1H3. The molecule has 0 amide bonds. The maximum atomic E-state index is 6.03. The maximum absolute atomic E-state index is 6.03. The van der Waals surface area contributed by atoms with Gasteiger partial charge in [0.15, 0.2) is 0 Å². The van der Waals surface area contributed by atoms with E-state index in [0.717, 1.165) is 5.02 Å². The molecule has 0 aliphatic rings. The van der Waals surface area contributed by atoms with Crippen LogP contribution in [0.4, 0.5) is 0 Å². The molecule has 0 heterocycles. The van der Waals surface area contributed by atoms with Gasteiger partial charge in [0.2, 0.25) is 0 Å². The number of hydrogen-bond donors (Lipinski definition) is 0. The molecule has 0 fully saturated rings. The molecule has 2 aromatic carbocycles. The molecule has 16 heavy (non-hydrogen) atoms. The Morgan fingerprint density at radius 1 is 1.06 bits per heavy atom. The highest BCUT2D eigenvalue weighted by Crippen LogP contribution is 2.34. The lowest BCUT2D eigenvalue weighted by Crippen LogP contribution is -1.89. The molecule has 82 valence electrons. The fourth-order valence-electron chi connectivity index (χ4n) is 1.74. The van der Waals surface area contributed by atoms with E-state index in [1.807, 2.05) is 30.3 Å². The molecule has 2 heteroatoms. The Labute approximate surface area is 109 Å². The molecule has 2 aromatic rings. The van der Waals surface area contributed by atoms with Crippen LogP contribution in [-0.2, 0) is 0 Å². The third-order valence-corrected chi connectivity index (χ3v) is 3.26. The Morgan fingerprint density at radius 3 is 2.38 bits per heavy atom. The molecule has 0 aliphatic heterocycles. The molecule has 0 aliphatic carbocycles. The fourth-order valence-corrected chi connectivity index (χ4v) is 2.30. The van der Waals surface area contributed by atoms with Crippen LogP contribution in [0.5, 0.6) is 0 Å². The zero-order valence-electron chi connectivity index (χ0n) is 8.95. The van der Waals surface area contributed by atoms with Crippen LogP contribution in [-0.4, -0.2) is 0 Å². The quantitative estimate of drug-likeness (QED) is 0.645. The average molecular weight is 296 g/mol. The van der Waals surface area contributed by atoms with E-state index in [2.05, 4.69) is 41.1 Å². The van der Waals surface area contributed by atoms with Gasteiger partial charge in [-0.25, -0.2) is 0 Å². The zero-order valence-corrected chi connectivity index (χ0v) is 11.3. The highest BCUT2D eigenvalue weighted by atomic mass is 79.9. The van der Waals surface area contributed by atoms with Crippen molar-refractivity contribution in [2.24, 2.45) is 0 Å². The number of rotatable bonds is 2. The SMILES string of the molecule is CC(Br)c1cc(Cl)ccc1-c1ccccc1. The van der Waals surface area contributed by atoms with Crippen molar-refractivity contribution in [1.29, 1.82) is 0 Å². The molecule has 0 nitrogen and oxygen atoms in total.